The quantitative estimate of drug-likeness (QED) is 0.672. The summed E-state index contributed by atoms with van der Waals surface area (Å²) in [6.07, 6.45) is 7.27. The van der Waals surface area contributed by atoms with Crippen molar-refractivity contribution >= 4 is 5.71 Å². The summed E-state index contributed by atoms with van der Waals surface area (Å²) in [5.74, 6) is 1.51. The number of benzene rings is 1. The number of oxime groups is 1. The van der Waals surface area contributed by atoms with Gasteiger partial charge in [0.2, 0.25) is 0 Å². The Morgan fingerprint density at radius 3 is 2.83 bits per heavy atom. The topological polar surface area (TPSA) is 21.6 Å². The van der Waals surface area contributed by atoms with Gasteiger partial charge >= 0.3 is 0 Å². The number of rotatable bonds is 6. The molecule has 0 saturated carbocycles. The molecule has 0 aromatic heterocycles. The smallest absolute Gasteiger partial charge is 0.161 e. The van der Waals surface area contributed by atoms with Crippen LogP contribution >= 0.6 is 0 Å². The van der Waals surface area contributed by atoms with E-state index in [9.17, 15) is 0 Å². The Bertz CT molecular complexity index is 411. The number of nitrogens with zero attached hydrogens (tertiary/aromatic N) is 1. The van der Waals surface area contributed by atoms with Crippen LogP contribution in [0.4, 0.5) is 0 Å². The van der Waals surface area contributed by atoms with Crippen molar-refractivity contribution in [3.05, 3.63) is 29.8 Å². The number of para-hydroxylation sites is 1. The number of unbranched alkanes of at least 4 members (excludes halogenated alkanes) is 2. The highest BCUT2D eigenvalue weighted by molar-refractivity contribution is 5.89. The highest BCUT2D eigenvalue weighted by atomic mass is 16.6. The van der Waals surface area contributed by atoms with Crippen LogP contribution in [-0.2, 0) is 6.42 Å². The summed E-state index contributed by atoms with van der Waals surface area (Å²) in [5, 5.41) is 4.34. The lowest BCUT2D eigenvalue weighted by molar-refractivity contribution is 0.323. The zero-order valence-electron chi connectivity index (χ0n) is 11.5. The van der Waals surface area contributed by atoms with Crippen molar-refractivity contribution in [2.75, 3.05) is 0 Å². The van der Waals surface area contributed by atoms with Gasteiger partial charge in [-0.25, -0.2) is 0 Å². The van der Waals surface area contributed by atoms with Crippen molar-refractivity contribution in [3.8, 4) is 5.75 Å². The highest BCUT2D eigenvalue weighted by Gasteiger charge is 2.20. The third kappa shape index (κ3) is 3.12. The predicted octanol–water partition coefficient (Wildman–Crippen LogP) is 4.58. The van der Waals surface area contributed by atoms with E-state index in [-0.39, 0.29) is 0 Å². The van der Waals surface area contributed by atoms with Gasteiger partial charge in [0.05, 0.1) is 5.71 Å². The average Bonchev–Trinajstić information content (AvgIpc) is 2.43. The van der Waals surface area contributed by atoms with Crippen LogP contribution < -0.4 is 4.84 Å². The zero-order valence-corrected chi connectivity index (χ0v) is 11.5. The molecule has 0 fully saturated rings. The van der Waals surface area contributed by atoms with Gasteiger partial charge in [-0.1, -0.05) is 56.5 Å². The molecule has 0 radical (unpaired) electrons. The van der Waals surface area contributed by atoms with E-state index in [1.807, 2.05) is 12.1 Å². The zero-order chi connectivity index (χ0) is 12.8. The molecule has 1 aliphatic rings. The lowest BCUT2D eigenvalue weighted by Crippen LogP contribution is -2.21. The Hall–Kier alpha value is -1.31. The minimum absolute atomic E-state index is 0.588. The Kier molecular flexibility index (Phi) is 4.80. The molecule has 0 N–H and O–H groups in total. The second-order valence-corrected chi connectivity index (χ2v) is 5.06. The molecule has 0 amide bonds. The Balaban J connectivity index is 1.99. The summed E-state index contributed by atoms with van der Waals surface area (Å²) in [6.45, 7) is 4.50. The Morgan fingerprint density at radius 2 is 2.06 bits per heavy atom. The summed E-state index contributed by atoms with van der Waals surface area (Å²) in [7, 11) is 0. The maximum atomic E-state index is 5.51. The molecule has 0 saturated heterocycles. The summed E-state index contributed by atoms with van der Waals surface area (Å²) in [6, 6.07) is 8.21. The standard InChI is InChI=1S/C16H23NO/c1-3-5-6-9-13(4-2)15-12-14-10-7-8-11-16(14)18-17-15/h7-8,10-11,13H,3-6,9,12H2,1-2H3. The van der Waals surface area contributed by atoms with E-state index in [1.165, 1.54) is 37.0 Å². The summed E-state index contributed by atoms with van der Waals surface area (Å²) in [4.78, 5) is 5.51. The van der Waals surface area contributed by atoms with Crippen molar-refractivity contribution in [1.82, 2.24) is 0 Å². The van der Waals surface area contributed by atoms with E-state index < -0.39 is 0 Å². The molecule has 98 valence electrons. The van der Waals surface area contributed by atoms with Crippen LogP contribution in [0.3, 0.4) is 0 Å². The Labute approximate surface area is 110 Å². The van der Waals surface area contributed by atoms with Crippen LogP contribution in [0.1, 0.15) is 51.5 Å². The largest absolute Gasteiger partial charge is 0.357 e. The van der Waals surface area contributed by atoms with E-state index in [0.29, 0.717) is 5.92 Å². The molecular formula is C16H23NO. The molecule has 0 aliphatic carbocycles. The summed E-state index contributed by atoms with van der Waals surface area (Å²) in [5.41, 5.74) is 2.50. The van der Waals surface area contributed by atoms with E-state index in [1.54, 1.807) is 0 Å². The number of hydrogen-bond donors (Lipinski definition) is 0. The fourth-order valence-electron chi connectivity index (χ4n) is 2.54. The molecule has 1 aliphatic heterocycles. The lowest BCUT2D eigenvalue weighted by atomic mass is 9.89. The van der Waals surface area contributed by atoms with Gasteiger partial charge in [0.1, 0.15) is 0 Å². The van der Waals surface area contributed by atoms with Gasteiger partial charge in [-0.3, -0.25) is 0 Å². The van der Waals surface area contributed by atoms with Gasteiger partial charge in [-0.2, -0.15) is 0 Å². The molecule has 1 heterocycles. The maximum Gasteiger partial charge on any atom is 0.161 e. The van der Waals surface area contributed by atoms with Crippen molar-refractivity contribution in [3.63, 3.8) is 0 Å². The fraction of sp³-hybridized carbons (Fsp3) is 0.562. The van der Waals surface area contributed by atoms with E-state index in [4.69, 9.17) is 4.84 Å². The highest BCUT2D eigenvalue weighted by Crippen LogP contribution is 2.27. The van der Waals surface area contributed by atoms with Crippen LogP contribution in [-0.4, -0.2) is 5.71 Å². The van der Waals surface area contributed by atoms with Gasteiger partial charge < -0.3 is 4.84 Å². The van der Waals surface area contributed by atoms with Crippen LogP contribution in [0.15, 0.2) is 29.4 Å². The van der Waals surface area contributed by atoms with E-state index in [0.717, 1.165) is 18.6 Å². The molecule has 2 rings (SSSR count). The van der Waals surface area contributed by atoms with Crippen LogP contribution in [0, 0.1) is 5.92 Å². The van der Waals surface area contributed by atoms with E-state index >= 15 is 0 Å². The second kappa shape index (κ2) is 6.58. The van der Waals surface area contributed by atoms with Gasteiger partial charge in [-0.15, -0.1) is 0 Å². The molecule has 1 atom stereocenters. The number of fused-ring (bicyclic) bond motifs is 1. The van der Waals surface area contributed by atoms with Crippen molar-refractivity contribution < 1.29 is 4.84 Å². The minimum atomic E-state index is 0.588. The molecule has 2 nitrogen and oxygen atoms in total. The minimum Gasteiger partial charge on any atom is -0.357 e. The first-order chi connectivity index (χ1) is 8.85. The molecule has 2 heteroatoms. The monoisotopic (exact) mass is 245 g/mol. The van der Waals surface area contributed by atoms with Gasteiger partial charge in [0.25, 0.3) is 0 Å². The molecular weight excluding hydrogens is 222 g/mol. The van der Waals surface area contributed by atoms with Crippen molar-refractivity contribution in [1.29, 1.82) is 0 Å². The first kappa shape index (κ1) is 13.1. The van der Waals surface area contributed by atoms with Crippen LogP contribution in [0.2, 0.25) is 0 Å². The third-order valence-electron chi connectivity index (χ3n) is 3.73. The first-order valence-corrected chi connectivity index (χ1v) is 7.16. The molecule has 0 spiro atoms. The first-order valence-electron chi connectivity index (χ1n) is 7.16. The molecule has 1 aromatic carbocycles. The number of hydrogen-bond acceptors (Lipinski definition) is 2. The fourth-order valence-corrected chi connectivity index (χ4v) is 2.54. The molecule has 1 aromatic rings. The lowest BCUT2D eigenvalue weighted by Gasteiger charge is -2.21. The van der Waals surface area contributed by atoms with Crippen molar-refractivity contribution in [2.45, 2.75) is 52.4 Å². The summed E-state index contributed by atoms with van der Waals surface area (Å²) < 4.78 is 0. The van der Waals surface area contributed by atoms with Crippen LogP contribution in [0.5, 0.6) is 5.75 Å². The average molecular weight is 245 g/mol. The SMILES string of the molecule is CCCCCC(CC)C1=NOc2ccccc2C1. The Morgan fingerprint density at radius 1 is 1.22 bits per heavy atom. The van der Waals surface area contributed by atoms with Crippen LogP contribution in [0.25, 0.3) is 0 Å². The molecule has 0 bridgehead atoms. The molecule has 18 heavy (non-hydrogen) atoms. The van der Waals surface area contributed by atoms with Gasteiger partial charge in [-0.05, 0) is 18.9 Å². The second-order valence-electron chi connectivity index (χ2n) is 5.06. The van der Waals surface area contributed by atoms with E-state index in [2.05, 4.69) is 31.1 Å². The summed E-state index contributed by atoms with van der Waals surface area (Å²) >= 11 is 0. The normalized spacial score (nSPS) is 15.6. The third-order valence-corrected chi connectivity index (χ3v) is 3.73. The van der Waals surface area contributed by atoms with Crippen molar-refractivity contribution in [2.24, 2.45) is 11.1 Å². The van der Waals surface area contributed by atoms with Gasteiger partial charge in [0.15, 0.2) is 5.75 Å². The van der Waals surface area contributed by atoms with Gasteiger partial charge in [0, 0.05) is 17.9 Å². The molecule has 1 unspecified atom stereocenters. The maximum absolute atomic E-state index is 5.51. The predicted molar refractivity (Wildman–Crippen MR) is 76.1 cm³/mol.